The summed E-state index contributed by atoms with van der Waals surface area (Å²) in [7, 11) is -2.52. The first-order valence-electron chi connectivity index (χ1n) is 4.85. The monoisotopic (exact) mass is 243 g/mol. The summed E-state index contributed by atoms with van der Waals surface area (Å²) in [6.45, 7) is 0.350. The molecular formula is C10H14NO4P. The molecule has 6 heteroatoms. The highest BCUT2D eigenvalue weighted by Gasteiger charge is 2.02. The molecule has 2 N–H and O–H groups in total. The summed E-state index contributed by atoms with van der Waals surface area (Å²) in [5.41, 5.74) is 0.897. The lowest BCUT2D eigenvalue weighted by Gasteiger charge is -2.05. The number of hydrogen-bond donors (Lipinski definition) is 2. The van der Waals surface area contributed by atoms with E-state index in [1.54, 1.807) is 0 Å². The summed E-state index contributed by atoms with van der Waals surface area (Å²) in [5.74, 6) is 0. The second-order valence-electron chi connectivity index (χ2n) is 3.13. The molecule has 0 aliphatic carbocycles. The largest absolute Gasteiger partial charge is 0.445 e. The Morgan fingerprint density at radius 3 is 2.69 bits per heavy atom. The number of hydrogen-bond acceptors (Lipinski definition) is 3. The number of carbonyl (C=O) groups is 1. The van der Waals surface area contributed by atoms with Crippen LogP contribution in [0.1, 0.15) is 5.56 Å². The van der Waals surface area contributed by atoms with Crippen LogP contribution >= 0.6 is 8.03 Å². The molecule has 0 fully saturated rings. The second-order valence-corrected chi connectivity index (χ2v) is 4.42. The highest BCUT2D eigenvalue weighted by Crippen LogP contribution is 2.09. The van der Waals surface area contributed by atoms with Crippen molar-refractivity contribution in [3.05, 3.63) is 35.9 Å². The van der Waals surface area contributed by atoms with E-state index < -0.39 is 14.1 Å². The SMILES string of the molecule is O=C(NCC[PH](=O)O)OCc1ccccc1. The van der Waals surface area contributed by atoms with E-state index in [4.69, 9.17) is 9.63 Å². The average molecular weight is 243 g/mol. The molecule has 0 spiro atoms. The number of benzene rings is 1. The fourth-order valence-corrected chi connectivity index (χ4v) is 1.38. The summed E-state index contributed by atoms with van der Waals surface area (Å²) in [5, 5.41) is 2.39. The van der Waals surface area contributed by atoms with E-state index in [1.165, 1.54) is 0 Å². The molecule has 1 atom stereocenters. The summed E-state index contributed by atoms with van der Waals surface area (Å²) in [6, 6.07) is 9.28. The predicted molar refractivity (Wildman–Crippen MR) is 60.7 cm³/mol. The smallest absolute Gasteiger partial charge is 0.407 e. The van der Waals surface area contributed by atoms with Crippen molar-refractivity contribution < 1.29 is 19.0 Å². The van der Waals surface area contributed by atoms with Gasteiger partial charge in [0.1, 0.15) is 6.61 Å². The molecule has 16 heavy (non-hydrogen) atoms. The van der Waals surface area contributed by atoms with E-state index in [9.17, 15) is 9.36 Å². The molecule has 5 nitrogen and oxygen atoms in total. The van der Waals surface area contributed by atoms with Crippen LogP contribution < -0.4 is 5.32 Å². The van der Waals surface area contributed by atoms with Crippen LogP contribution in [-0.2, 0) is 15.9 Å². The van der Waals surface area contributed by atoms with Crippen LogP contribution in [0.4, 0.5) is 4.79 Å². The quantitative estimate of drug-likeness (QED) is 0.766. The molecule has 0 radical (unpaired) electrons. The minimum absolute atomic E-state index is 0.0745. The summed E-state index contributed by atoms with van der Waals surface area (Å²) >= 11 is 0. The van der Waals surface area contributed by atoms with Crippen molar-refractivity contribution in [3.8, 4) is 0 Å². The third-order valence-corrected chi connectivity index (χ3v) is 2.50. The van der Waals surface area contributed by atoms with E-state index in [1.807, 2.05) is 30.3 Å². The molecule has 88 valence electrons. The Morgan fingerprint density at radius 2 is 2.06 bits per heavy atom. The van der Waals surface area contributed by atoms with Gasteiger partial charge < -0.3 is 14.9 Å². The van der Waals surface area contributed by atoms with Gasteiger partial charge >= 0.3 is 6.09 Å². The van der Waals surface area contributed by atoms with Crippen molar-refractivity contribution in [1.82, 2.24) is 5.32 Å². The molecule has 0 aliphatic rings. The van der Waals surface area contributed by atoms with Gasteiger partial charge in [0.25, 0.3) is 0 Å². The number of rotatable bonds is 5. The van der Waals surface area contributed by atoms with Crippen LogP contribution in [0.2, 0.25) is 0 Å². The molecule has 0 aliphatic heterocycles. The minimum Gasteiger partial charge on any atom is -0.445 e. The molecule has 0 saturated heterocycles. The number of amides is 1. The Kier molecular flexibility index (Phi) is 5.61. The third kappa shape index (κ3) is 5.53. The summed E-state index contributed by atoms with van der Waals surface area (Å²) in [6.07, 6.45) is -0.502. The van der Waals surface area contributed by atoms with E-state index in [2.05, 4.69) is 5.32 Å². The zero-order valence-corrected chi connectivity index (χ0v) is 9.68. The maximum Gasteiger partial charge on any atom is 0.407 e. The zero-order valence-electron chi connectivity index (χ0n) is 8.68. The van der Waals surface area contributed by atoms with Gasteiger partial charge in [-0.3, -0.25) is 4.57 Å². The fraction of sp³-hybridized carbons (Fsp3) is 0.300. The topological polar surface area (TPSA) is 75.6 Å². The zero-order chi connectivity index (χ0) is 11.8. The van der Waals surface area contributed by atoms with Crippen molar-refractivity contribution >= 4 is 14.1 Å². The lowest BCUT2D eigenvalue weighted by molar-refractivity contribution is 0.140. The van der Waals surface area contributed by atoms with Gasteiger partial charge in [0.2, 0.25) is 0 Å². The standard InChI is InChI=1S/C10H14NO4P/c12-10(11-6-7-16(13)14)15-8-9-4-2-1-3-5-9/h1-5,16H,6-8H2,(H,11,12)(H,13,14). The van der Waals surface area contributed by atoms with Gasteiger partial charge in [0.15, 0.2) is 8.03 Å². The van der Waals surface area contributed by atoms with Gasteiger partial charge in [-0.25, -0.2) is 4.79 Å². The van der Waals surface area contributed by atoms with Crippen LogP contribution in [0.15, 0.2) is 30.3 Å². The Balaban J connectivity index is 2.18. The van der Waals surface area contributed by atoms with Gasteiger partial charge in [0, 0.05) is 12.7 Å². The molecule has 1 amide bonds. The molecular weight excluding hydrogens is 229 g/mol. The average Bonchev–Trinajstić information content (AvgIpc) is 2.27. The second kappa shape index (κ2) is 7.04. The first kappa shape index (κ1) is 12.7. The maximum absolute atomic E-state index is 11.1. The lowest BCUT2D eigenvalue weighted by atomic mass is 10.2. The third-order valence-electron chi connectivity index (χ3n) is 1.82. The lowest BCUT2D eigenvalue weighted by Crippen LogP contribution is -2.26. The molecule has 0 heterocycles. The number of ether oxygens (including phenoxy) is 1. The van der Waals surface area contributed by atoms with Crippen molar-refractivity contribution in [2.45, 2.75) is 6.61 Å². The van der Waals surface area contributed by atoms with Crippen molar-refractivity contribution in [2.75, 3.05) is 12.7 Å². The predicted octanol–water partition coefficient (Wildman–Crippen LogP) is 1.38. The number of alkyl carbamates (subject to hydrolysis) is 1. The Bertz CT molecular complexity index is 355. The molecule has 0 aromatic heterocycles. The van der Waals surface area contributed by atoms with Crippen molar-refractivity contribution in [1.29, 1.82) is 0 Å². The van der Waals surface area contributed by atoms with E-state index >= 15 is 0 Å². The number of carbonyl (C=O) groups excluding carboxylic acids is 1. The maximum atomic E-state index is 11.1. The van der Waals surface area contributed by atoms with Crippen LogP contribution in [0.3, 0.4) is 0 Å². The van der Waals surface area contributed by atoms with E-state index in [0.29, 0.717) is 0 Å². The summed E-state index contributed by atoms with van der Waals surface area (Å²) < 4.78 is 15.2. The first-order valence-corrected chi connectivity index (χ1v) is 6.41. The van der Waals surface area contributed by atoms with E-state index in [-0.39, 0.29) is 19.3 Å². The molecule has 1 aromatic carbocycles. The van der Waals surface area contributed by atoms with Crippen molar-refractivity contribution in [3.63, 3.8) is 0 Å². The van der Waals surface area contributed by atoms with Gasteiger partial charge in [-0.1, -0.05) is 30.3 Å². The molecule has 1 unspecified atom stereocenters. The highest BCUT2D eigenvalue weighted by molar-refractivity contribution is 7.38. The number of nitrogens with one attached hydrogen (secondary N) is 1. The molecule has 0 saturated carbocycles. The normalized spacial score (nSPS) is 11.8. The Labute approximate surface area is 94.3 Å². The molecule has 1 rings (SSSR count). The van der Waals surface area contributed by atoms with Gasteiger partial charge in [0.05, 0.1) is 0 Å². The van der Waals surface area contributed by atoms with Gasteiger partial charge in [-0.2, -0.15) is 0 Å². The van der Waals surface area contributed by atoms with Crippen LogP contribution in [-0.4, -0.2) is 23.7 Å². The Hall–Kier alpha value is -1.32. The minimum atomic E-state index is -2.52. The summed E-state index contributed by atoms with van der Waals surface area (Å²) in [4.78, 5) is 19.6. The van der Waals surface area contributed by atoms with Crippen LogP contribution in [0, 0.1) is 0 Å². The van der Waals surface area contributed by atoms with Crippen LogP contribution in [0.25, 0.3) is 0 Å². The van der Waals surface area contributed by atoms with Crippen molar-refractivity contribution in [2.24, 2.45) is 0 Å². The first-order chi connectivity index (χ1) is 7.68. The van der Waals surface area contributed by atoms with Crippen LogP contribution in [0.5, 0.6) is 0 Å². The highest BCUT2D eigenvalue weighted by atomic mass is 31.1. The van der Waals surface area contributed by atoms with Gasteiger partial charge in [-0.05, 0) is 5.56 Å². The van der Waals surface area contributed by atoms with Gasteiger partial charge in [-0.15, -0.1) is 0 Å². The van der Waals surface area contributed by atoms with E-state index in [0.717, 1.165) is 5.56 Å². The fourth-order valence-electron chi connectivity index (χ4n) is 1.05. The molecule has 1 aromatic rings. The molecule has 0 bridgehead atoms. The Morgan fingerprint density at radius 1 is 1.38 bits per heavy atom.